The average Bonchev–Trinajstić information content (AvgIpc) is 2.54. The Morgan fingerprint density at radius 3 is 2.83 bits per heavy atom. The predicted molar refractivity (Wildman–Crippen MR) is 89.6 cm³/mol. The lowest BCUT2D eigenvalue weighted by atomic mass is 10.0. The molecule has 1 aliphatic rings. The molecule has 1 saturated heterocycles. The Bertz CT molecular complexity index is 611. The van der Waals surface area contributed by atoms with E-state index >= 15 is 0 Å². The van der Waals surface area contributed by atoms with Crippen molar-refractivity contribution in [2.24, 2.45) is 0 Å². The number of rotatable bonds is 5. The smallest absolute Gasteiger partial charge is 0.262 e. The zero-order chi connectivity index (χ0) is 16.7. The monoisotopic (exact) mass is 313 g/mol. The fraction of sp³-hybridized carbons (Fsp3) is 0.444. The Kier molecular flexibility index (Phi) is 6.19. The second-order valence-electron chi connectivity index (χ2n) is 5.85. The van der Waals surface area contributed by atoms with Crippen LogP contribution in [-0.4, -0.2) is 41.6 Å². The summed E-state index contributed by atoms with van der Waals surface area (Å²) in [5, 5.41) is 21.6. The first-order valence-corrected chi connectivity index (χ1v) is 8.06. The summed E-state index contributed by atoms with van der Waals surface area (Å²) in [5.41, 5.74) is 0.695. The van der Waals surface area contributed by atoms with Gasteiger partial charge in [0, 0.05) is 19.1 Å². The molecule has 0 radical (unpaired) electrons. The van der Waals surface area contributed by atoms with E-state index in [2.05, 4.69) is 17.1 Å². The molecule has 23 heavy (non-hydrogen) atoms. The summed E-state index contributed by atoms with van der Waals surface area (Å²) < 4.78 is 0. The zero-order valence-corrected chi connectivity index (χ0v) is 13.5. The van der Waals surface area contributed by atoms with Crippen LogP contribution < -0.4 is 5.32 Å². The maximum Gasteiger partial charge on any atom is 0.262 e. The molecule has 1 aliphatic heterocycles. The minimum absolute atomic E-state index is 0.0617. The van der Waals surface area contributed by atoms with Crippen molar-refractivity contribution in [3.63, 3.8) is 0 Å². The Labute approximate surface area is 137 Å². The van der Waals surface area contributed by atoms with Crippen molar-refractivity contribution >= 4 is 12.0 Å². The van der Waals surface area contributed by atoms with Gasteiger partial charge in [0.25, 0.3) is 5.91 Å². The SMILES string of the molecule is CCCN1CCC(NC(=O)/C(C#N)=C/c2cccc(O)c2)CC1. The molecule has 0 unspecified atom stereocenters. The lowest BCUT2D eigenvalue weighted by Crippen LogP contribution is -2.45. The topological polar surface area (TPSA) is 76.4 Å². The number of likely N-dealkylation sites (tertiary alicyclic amines) is 1. The molecule has 0 spiro atoms. The number of nitriles is 1. The number of hydrogen-bond acceptors (Lipinski definition) is 4. The normalized spacial score (nSPS) is 16.8. The Morgan fingerprint density at radius 1 is 1.48 bits per heavy atom. The zero-order valence-electron chi connectivity index (χ0n) is 13.5. The lowest BCUT2D eigenvalue weighted by Gasteiger charge is -2.32. The van der Waals surface area contributed by atoms with E-state index in [1.807, 2.05) is 6.07 Å². The molecule has 1 amide bonds. The van der Waals surface area contributed by atoms with E-state index in [9.17, 15) is 15.2 Å². The minimum Gasteiger partial charge on any atom is -0.508 e. The molecule has 1 aromatic carbocycles. The summed E-state index contributed by atoms with van der Waals surface area (Å²) in [6.45, 7) is 5.23. The van der Waals surface area contributed by atoms with E-state index in [1.54, 1.807) is 18.2 Å². The fourth-order valence-corrected chi connectivity index (χ4v) is 2.81. The largest absolute Gasteiger partial charge is 0.508 e. The molecule has 0 atom stereocenters. The van der Waals surface area contributed by atoms with Crippen LogP contribution in [0.2, 0.25) is 0 Å². The molecule has 5 nitrogen and oxygen atoms in total. The maximum atomic E-state index is 12.3. The first-order valence-electron chi connectivity index (χ1n) is 8.06. The third-order valence-corrected chi connectivity index (χ3v) is 4.01. The third-order valence-electron chi connectivity index (χ3n) is 4.01. The molecule has 0 aromatic heterocycles. The van der Waals surface area contributed by atoms with Crippen LogP contribution in [0.4, 0.5) is 0 Å². The van der Waals surface area contributed by atoms with Gasteiger partial charge in [-0.1, -0.05) is 19.1 Å². The van der Waals surface area contributed by atoms with Gasteiger partial charge in [0.15, 0.2) is 0 Å². The first-order chi connectivity index (χ1) is 11.1. The van der Waals surface area contributed by atoms with Gasteiger partial charge in [-0.05, 0) is 49.6 Å². The van der Waals surface area contributed by atoms with E-state index in [0.717, 1.165) is 38.9 Å². The highest BCUT2D eigenvalue weighted by Crippen LogP contribution is 2.15. The highest BCUT2D eigenvalue weighted by Gasteiger charge is 2.21. The van der Waals surface area contributed by atoms with Gasteiger partial charge in [-0.3, -0.25) is 4.79 Å². The van der Waals surface area contributed by atoms with Crippen LogP contribution in [0.15, 0.2) is 29.8 Å². The third kappa shape index (κ3) is 5.11. The summed E-state index contributed by atoms with van der Waals surface area (Å²) in [5.74, 6) is -0.232. The van der Waals surface area contributed by atoms with Crippen LogP contribution in [0.25, 0.3) is 6.08 Å². The van der Waals surface area contributed by atoms with Crippen LogP contribution in [0, 0.1) is 11.3 Å². The fourth-order valence-electron chi connectivity index (χ4n) is 2.81. The molecular weight excluding hydrogens is 290 g/mol. The van der Waals surface area contributed by atoms with Gasteiger partial charge in [0.1, 0.15) is 17.4 Å². The van der Waals surface area contributed by atoms with Crippen molar-refractivity contribution in [2.45, 2.75) is 32.2 Å². The Morgan fingerprint density at radius 2 is 2.22 bits per heavy atom. The summed E-state index contributed by atoms with van der Waals surface area (Å²) >= 11 is 0. The number of phenols is 1. The van der Waals surface area contributed by atoms with Crippen LogP contribution in [0.1, 0.15) is 31.7 Å². The number of carbonyl (C=O) groups excluding carboxylic acids is 1. The van der Waals surface area contributed by atoms with E-state index in [4.69, 9.17) is 0 Å². The van der Waals surface area contributed by atoms with Crippen molar-refractivity contribution in [2.75, 3.05) is 19.6 Å². The second kappa shape index (κ2) is 8.35. The molecule has 0 aliphatic carbocycles. The number of aromatic hydroxyl groups is 1. The number of carbonyl (C=O) groups is 1. The van der Waals surface area contributed by atoms with Crippen LogP contribution in [0.5, 0.6) is 5.75 Å². The van der Waals surface area contributed by atoms with Gasteiger partial charge in [0.05, 0.1) is 0 Å². The lowest BCUT2D eigenvalue weighted by molar-refractivity contribution is -0.118. The molecule has 1 heterocycles. The molecule has 122 valence electrons. The molecule has 0 bridgehead atoms. The number of benzene rings is 1. The van der Waals surface area contributed by atoms with Gasteiger partial charge in [-0.25, -0.2) is 0 Å². The quantitative estimate of drug-likeness (QED) is 0.646. The van der Waals surface area contributed by atoms with Gasteiger partial charge in [-0.15, -0.1) is 0 Å². The Balaban J connectivity index is 1.95. The summed E-state index contributed by atoms with van der Waals surface area (Å²) in [7, 11) is 0. The molecule has 1 fully saturated rings. The van der Waals surface area contributed by atoms with Gasteiger partial charge >= 0.3 is 0 Å². The van der Waals surface area contributed by atoms with E-state index in [0.29, 0.717) is 5.56 Å². The molecular formula is C18H23N3O2. The van der Waals surface area contributed by atoms with Crippen LogP contribution >= 0.6 is 0 Å². The highest BCUT2D eigenvalue weighted by atomic mass is 16.3. The van der Waals surface area contributed by atoms with Gasteiger partial charge < -0.3 is 15.3 Å². The molecule has 2 N–H and O–H groups in total. The standard InChI is InChI=1S/C18H23N3O2/c1-2-8-21-9-6-16(7-10-21)20-18(23)15(13-19)11-14-4-3-5-17(22)12-14/h3-5,11-12,16,22H,2,6-10H2,1H3,(H,20,23)/b15-11+. The van der Waals surface area contributed by atoms with E-state index in [-0.39, 0.29) is 23.3 Å². The number of hydrogen-bond donors (Lipinski definition) is 2. The number of amides is 1. The average molecular weight is 313 g/mol. The van der Waals surface area contributed by atoms with Gasteiger partial charge in [-0.2, -0.15) is 5.26 Å². The first kappa shape index (κ1) is 17.0. The number of nitrogens with one attached hydrogen (secondary N) is 1. The summed E-state index contributed by atoms with van der Waals surface area (Å²) in [6.07, 6.45) is 4.47. The highest BCUT2D eigenvalue weighted by molar-refractivity contribution is 6.01. The minimum atomic E-state index is -0.343. The predicted octanol–water partition coefficient (Wildman–Crippen LogP) is 2.29. The van der Waals surface area contributed by atoms with E-state index in [1.165, 1.54) is 12.1 Å². The van der Waals surface area contributed by atoms with Crippen molar-refractivity contribution in [1.29, 1.82) is 5.26 Å². The number of nitrogens with zero attached hydrogens (tertiary/aromatic N) is 2. The number of phenolic OH excluding ortho intramolecular Hbond substituents is 1. The van der Waals surface area contributed by atoms with Crippen molar-refractivity contribution in [3.8, 4) is 11.8 Å². The number of piperidine rings is 1. The second-order valence-corrected chi connectivity index (χ2v) is 5.85. The summed E-state index contributed by atoms with van der Waals surface area (Å²) in [6, 6.07) is 8.56. The van der Waals surface area contributed by atoms with Crippen molar-refractivity contribution in [1.82, 2.24) is 10.2 Å². The summed E-state index contributed by atoms with van der Waals surface area (Å²) in [4.78, 5) is 14.7. The Hall–Kier alpha value is -2.32. The van der Waals surface area contributed by atoms with Crippen LogP contribution in [-0.2, 0) is 4.79 Å². The maximum absolute atomic E-state index is 12.3. The van der Waals surface area contributed by atoms with E-state index < -0.39 is 0 Å². The van der Waals surface area contributed by atoms with Crippen molar-refractivity contribution < 1.29 is 9.90 Å². The van der Waals surface area contributed by atoms with Crippen molar-refractivity contribution in [3.05, 3.63) is 35.4 Å². The molecule has 5 heteroatoms. The van der Waals surface area contributed by atoms with Gasteiger partial charge in [0.2, 0.25) is 0 Å². The van der Waals surface area contributed by atoms with Crippen LogP contribution in [0.3, 0.4) is 0 Å². The molecule has 0 saturated carbocycles. The molecule has 1 aromatic rings. The molecule has 2 rings (SSSR count).